The van der Waals surface area contributed by atoms with Crippen molar-refractivity contribution in [2.75, 3.05) is 0 Å². The molecule has 0 radical (unpaired) electrons. The van der Waals surface area contributed by atoms with Crippen LogP contribution < -0.4 is 10.6 Å². The normalized spacial score (nSPS) is 16.8. The Hall–Kier alpha value is -4.91. The zero-order chi connectivity index (χ0) is 28.2. The van der Waals surface area contributed by atoms with Gasteiger partial charge >= 0.3 is 0 Å². The number of rotatable bonds is 7. The summed E-state index contributed by atoms with van der Waals surface area (Å²) in [5.74, 6) is -0.154. The monoisotopic (exact) mass is 544 g/mol. The first-order valence-electron chi connectivity index (χ1n) is 14.0. The van der Waals surface area contributed by atoms with Gasteiger partial charge in [-0.05, 0) is 97.0 Å². The van der Waals surface area contributed by atoms with Crippen molar-refractivity contribution in [2.24, 2.45) is 0 Å². The van der Waals surface area contributed by atoms with Gasteiger partial charge in [-0.25, -0.2) is 0 Å². The number of pyridine rings is 1. The zero-order valence-electron chi connectivity index (χ0n) is 22.7. The molecule has 5 aromatic rings. The first kappa shape index (κ1) is 26.3. The largest absolute Gasteiger partial charge is 0.506 e. The van der Waals surface area contributed by atoms with E-state index in [0.29, 0.717) is 29.2 Å². The lowest BCUT2D eigenvalue weighted by atomic mass is 9.91. The first-order chi connectivity index (χ1) is 20.0. The number of aromatic hydroxyl groups is 1. The number of phenolic OH excluding ortho intramolecular Hbond substituents is 1. The minimum Gasteiger partial charge on any atom is -0.506 e. The van der Waals surface area contributed by atoms with Crippen molar-refractivity contribution in [2.45, 2.75) is 44.3 Å². The van der Waals surface area contributed by atoms with Gasteiger partial charge in [-0.15, -0.1) is 0 Å². The van der Waals surface area contributed by atoms with E-state index >= 15 is 0 Å². The molecule has 0 aliphatic heterocycles. The molecule has 2 heterocycles. The number of fused-ring (bicyclic) bond motifs is 1. The second-order valence-corrected chi connectivity index (χ2v) is 10.6. The molecule has 206 valence electrons. The van der Waals surface area contributed by atoms with E-state index in [4.69, 9.17) is 0 Å². The summed E-state index contributed by atoms with van der Waals surface area (Å²) >= 11 is 0. The van der Waals surface area contributed by atoms with Gasteiger partial charge in [0.25, 0.3) is 11.8 Å². The van der Waals surface area contributed by atoms with Crippen LogP contribution in [0.1, 0.15) is 58.0 Å². The Balaban J connectivity index is 1.03. The maximum atomic E-state index is 12.9. The third-order valence-electron chi connectivity index (χ3n) is 7.89. The number of hydrogen-bond acceptors (Lipinski definition) is 4. The molecule has 7 heteroatoms. The van der Waals surface area contributed by atoms with Gasteiger partial charge in [-0.2, -0.15) is 0 Å². The first-order valence-corrected chi connectivity index (χ1v) is 14.0. The molecule has 1 aliphatic rings. The van der Waals surface area contributed by atoms with Crippen molar-refractivity contribution in [3.63, 3.8) is 0 Å². The van der Waals surface area contributed by atoms with Gasteiger partial charge in [0.1, 0.15) is 11.3 Å². The van der Waals surface area contributed by atoms with Crippen LogP contribution >= 0.6 is 0 Å². The highest BCUT2D eigenvalue weighted by Gasteiger charge is 2.23. The third-order valence-corrected chi connectivity index (χ3v) is 7.89. The molecule has 2 aromatic heterocycles. The molecule has 3 aromatic carbocycles. The van der Waals surface area contributed by atoms with Crippen LogP contribution in [0.25, 0.3) is 22.0 Å². The molecule has 6 rings (SSSR count). The van der Waals surface area contributed by atoms with Gasteiger partial charge in [0.2, 0.25) is 0 Å². The Morgan fingerprint density at radius 2 is 1.59 bits per heavy atom. The third kappa shape index (κ3) is 5.99. The second-order valence-electron chi connectivity index (χ2n) is 10.6. The van der Waals surface area contributed by atoms with Crippen LogP contribution in [0.15, 0.2) is 104 Å². The molecule has 0 spiro atoms. The van der Waals surface area contributed by atoms with E-state index in [1.165, 1.54) is 0 Å². The lowest BCUT2D eigenvalue weighted by Gasteiger charge is -2.30. The number of hydrogen-bond donors (Lipinski definition) is 3. The predicted molar refractivity (Wildman–Crippen MR) is 160 cm³/mol. The Kier molecular flexibility index (Phi) is 7.50. The second kappa shape index (κ2) is 11.7. The number of amides is 2. The number of nitrogens with one attached hydrogen (secondary N) is 2. The van der Waals surface area contributed by atoms with Crippen LogP contribution in [-0.4, -0.2) is 32.5 Å². The highest BCUT2D eigenvalue weighted by Crippen LogP contribution is 2.31. The summed E-state index contributed by atoms with van der Waals surface area (Å²) in [4.78, 5) is 30.0. The fourth-order valence-corrected chi connectivity index (χ4v) is 5.62. The fourth-order valence-electron chi connectivity index (χ4n) is 5.62. The van der Waals surface area contributed by atoms with Gasteiger partial charge in [0.15, 0.2) is 0 Å². The molecule has 0 unspecified atom stereocenters. The average Bonchev–Trinajstić information content (AvgIpc) is 3.56. The van der Waals surface area contributed by atoms with E-state index in [0.717, 1.165) is 47.8 Å². The van der Waals surface area contributed by atoms with E-state index in [9.17, 15) is 14.7 Å². The van der Waals surface area contributed by atoms with Crippen molar-refractivity contribution >= 4 is 22.7 Å². The number of aromatic nitrogens is 2. The van der Waals surface area contributed by atoms with E-state index in [1.807, 2.05) is 60.7 Å². The molecule has 7 nitrogen and oxygen atoms in total. The molecule has 1 saturated carbocycles. The van der Waals surface area contributed by atoms with Crippen LogP contribution in [0.3, 0.4) is 0 Å². The maximum absolute atomic E-state index is 12.9. The number of phenols is 1. The summed E-state index contributed by atoms with van der Waals surface area (Å²) < 4.78 is 2.26. The van der Waals surface area contributed by atoms with Gasteiger partial charge in [-0.1, -0.05) is 30.3 Å². The van der Waals surface area contributed by atoms with Crippen LogP contribution in [0.4, 0.5) is 0 Å². The SMILES string of the molecule is O=C(NCc1ccc(C(=O)NC2CCC(n3cccc3)CC2)cc1)c1cccc(-c2cc(O)c3ncccc3c2)c1. The maximum Gasteiger partial charge on any atom is 0.251 e. The summed E-state index contributed by atoms with van der Waals surface area (Å²) in [6.45, 7) is 0.344. The highest BCUT2D eigenvalue weighted by molar-refractivity contribution is 5.96. The smallest absolute Gasteiger partial charge is 0.251 e. The van der Waals surface area contributed by atoms with Crippen LogP contribution in [0, 0.1) is 0 Å². The molecule has 41 heavy (non-hydrogen) atoms. The van der Waals surface area contributed by atoms with Crippen LogP contribution in [0.2, 0.25) is 0 Å². The summed E-state index contributed by atoms with van der Waals surface area (Å²) in [6, 6.07) is 26.8. The van der Waals surface area contributed by atoms with E-state index in [2.05, 4.69) is 44.7 Å². The van der Waals surface area contributed by atoms with Crippen molar-refractivity contribution < 1.29 is 14.7 Å². The molecule has 1 aliphatic carbocycles. The summed E-state index contributed by atoms with van der Waals surface area (Å²) in [5.41, 5.74) is 4.23. The minimum absolute atomic E-state index is 0.0580. The Labute approximate surface area is 238 Å². The molecule has 0 atom stereocenters. The number of benzene rings is 3. The Morgan fingerprint density at radius 3 is 2.37 bits per heavy atom. The predicted octanol–water partition coefficient (Wildman–Crippen LogP) is 6.25. The van der Waals surface area contributed by atoms with Crippen molar-refractivity contribution in [1.29, 1.82) is 0 Å². The molecule has 0 saturated heterocycles. The minimum atomic E-state index is -0.198. The van der Waals surface area contributed by atoms with E-state index in [1.54, 1.807) is 18.3 Å². The van der Waals surface area contributed by atoms with Crippen molar-refractivity contribution in [3.8, 4) is 16.9 Å². The number of nitrogens with zero attached hydrogens (tertiary/aromatic N) is 2. The van der Waals surface area contributed by atoms with Gasteiger partial charge in [0, 0.05) is 53.7 Å². The summed E-state index contributed by atoms with van der Waals surface area (Å²) in [7, 11) is 0. The summed E-state index contributed by atoms with van der Waals surface area (Å²) in [6.07, 6.45) is 9.93. The quantitative estimate of drug-likeness (QED) is 0.226. The highest BCUT2D eigenvalue weighted by atomic mass is 16.3. The molecule has 3 N–H and O–H groups in total. The average molecular weight is 545 g/mol. The topological polar surface area (TPSA) is 96.2 Å². The summed E-state index contributed by atoms with van der Waals surface area (Å²) in [5, 5.41) is 17.4. The van der Waals surface area contributed by atoms with Gasteiger partial charge < -0.3 is 20.3 Å². The van der Waals surface area contributed by atoms with Crippen molar-refractivity contribution in [1.82, 2.24) is 20.2 Å². The molecule has 1 fully saturated rings. The standard InChI is InChI=1S/C34H32N4O3/c39-31-21-28(20-26-7-4-16-35-32(26)31)25-5-3-6-27(19-25)33(40)36-22-23-8-10-24(11-9-23)34(41)37-29-12-14-30(15-13-29)38-17-1-2-18-38/h1-11,16-21,29-30,39H,12-15,22H2,(H,36,40)(H,37,41). The zero-order valence-corrected chi connectivity index (χ0v) is 22.7. The van der Waals surface area contributed by atoms with Crippen LogP contribution in [0.5, 0.6) is 5.75 Å². The molecular weight excluding hydrogens is 512 g/mol. The van der Waals surface area contributed by atoms with Crippen LogP contribution in [-0.2, 0) is 6.54 Å². The van der Waals surface area contributed by atoms with E-state index < -0.39 is 0 Å². The van der Waals surface area contributed by atoms with Gasteiger partial charge in [-0.3, -0.25) is 14.6 Å². The number of carbonyl (C=O) groups excluding carboxylic acids is 2. The number of carbonyl (C=O) groups is 2. The van der Waals surface area contributed by atoms with E-state index in [-0.39, 0.29) is 23.6 Å². The fraction of sp³-hybridized carbons (Fsp3) is 0.206. The Bertz CT molecular complexity index is 1670. The molecule has 0 bridgehead atoms. The Morgan fingerprint density at radius 1 is 0.805 bits per heavy atom. The molecule has 2 amide bonds. The molecular formula is C34H32N4O3. The van der Waals surface area contributed by atoms with Gasteiger partial charge in [0.05, 0.1) is 0 Å². The lowest BCUT2D eigenvalue weighted by molar-refractivity contribution is 0.0919. The lowest BCUT2D eigenvalue weighted by Crippen LogP contribution is -2.37. The van der Waals surface area contributed by atoms with Crippen molar-refractivity contribution in [3.05, 3.63) is 120 Å².